The number of methoxy groups -OCH3 is 2. The predicted octanol–water partition coefficient (Wildman–Crippen LogP) is 5.42. The summed E-state index contributed by atoms with van der Waals surface area (Å²) in [4.78, 5) is 72.8. The van der Waals surface area contributed by atoms with Gasteiger partial charge in [0.15, 0.2) is 12.1 Å². The first kappa shape index (κ1) is 54.6. The molecular formula is C48H68N2O16. The fourth-order valence-corrected chi connectivity index (χ4v) is 6.84. The average molecular weight is 929 g/mol. The first-order valence-electron chi connectivity index (χ1n) is 21.9. The number of amides is 2. The molecule has 8 atom stereocenters. The van der Waals surface area contributed by atoms with Gasteiger partial charge in [0, 0.05) is 11.8 Å². The Morgan fingerprint density at radius 2 is 1.09 bits per heavy atom. The number of rotatable bonds is 13. The van der Waals surface area contributed by atoms with Gasteiger partial charge >= 0.3 is 36.1 Å². The number of cyclic esters (lactones) is 2. The second kappa shape index (κ2) is 27.0. The number of nitrogens with one attached hydrogen (secondary N) is 2. The highest BCUT2D eigenvalue weighted by Crippen LogP contribution is 2.25. The van der Waals surface area contributed by atoms with Crippen LogP contribution in [-0.4, -0.2) is 131 Å². The van der Waals surface area contributed by atoms with Gasteiger partial charge in [0.1, 0.15) is 29.5 Å². The second-order valence-electron chi connectivity index (χ2n) is 17.7. The van der Waals surface area contributed by atoms with Crippen LogP contribution in [0.25, 0.3) is 0 Å². The van der Waals surface area contributed by atoms with Gasteiger partial charge in [0.05, 0.1) is 72.1 Å². The van der Waals surface area contributed by atoms with Crippen molar-refractivity contribution in [3.8, 4) is 0 Å². The van der Waals surface area contributed by atoms with E-state index in [9.17, 15) is 28.8 Å². The average Bonchev–Trinajstić information content (AvgIpc) is 3.32. The molecule has 2 heterocycles. The highest BCUT2D eigenvalue weighted by molar-refractivity contribution is 5.83. The van der Waals surface area contributed by atoms with E-state index in [-0.39, 0.29) is 57.3 Å². The lowest BCUT2D eigenvalue weighted by atomic mass is 9.91. The Hall–Kier alpha value is -5.72. The summed E-state index contributed by atoms with van der Waals surface area (Å²) < 4.78 is 54.5. The van der Waals surface area contributed by atoms with Gasteiger partial charge in [0.2, 0.25) is 0 Å². The van der Waals surface area contributed by atoms with Crippen LogP contribution in [0.5, 0.6) is 0 Å². The molecule has 2 aromatic carbocycles. The molecule has 0 radical (unpaired) electrons. The number of carbonyl (C=O) groups excluding carboxylic acids is 6. The maximum atomic E-state index is 12.8. The third-order valence-electron chi connectivity index (χ3n) is 9.81. The molecule has 4 rings (SSSR count). The number of hydrogen-bond donors (Lipinski definition) is 2. The fraction of sp³-hybridized carbons (Fsp3) is 0.583. The molecule has 2 aliphatic heterocycles. The van der Waals surface area contributed by atoms with Crippen LogP contribution in [0.2, 0.25) is 0 Å². The maximum Gasteiger partial charge on any atom is 0.408 e. The topological polar surface area (TPSA) is 219 Å². The van der Waals surface area contributed by atoms with E-state index in [1.165, 1.54) is 20.5 Å². The Kier molecular flexibility index (Phi) is 22.4. The van der Waals surface area contributed by atoms with E-state index >= 15 is 0 Å². The van der Waals surface area contributed by atoms with Crippen molar-refractivity contribution >= 4 is 36.1 Å². The van der Waals surface area contributed by atoms with Crippen molar-refractivity contribution in [2.24, 2.45) is 11.8 Å². The van der Waals surface area contributed by atoms with Gasteiger partial charge in [-0.2, -0.15) is 0 Å². The molecule has 66 heavy (non-hydrogen) atoms. The second-order valence-corrected chi connectivity index (χ2v) is 17.7. The quantitative estimate of drug-likeness (QED) is 0.111. The Labute approximate surface area is 387 Å². The van der Waals surface area contributed by atoms with Crippen molar-refractivity contribution in [3.05, 3.63) is 84.1 Å². The number of carbonyl (C=O) groups is 6. The molecular weight excluding hydrogens is 861 g/mol. The van der Waals surface area contributed by atoms with Gasteiger partial charge in [0.25, 0.3) is 0 Å². The van der Waals surface area contributed by atoms with Crippen molar-refractivity contribution in [2.75, 3.05) is 47.3 Å². The zero-order valence-corrected chi connectivity index (χ0v) is 39.7. The fourth-order valence-electron chi connectivity index (χ4n) is 6.84. The van der Waals surface area contributed by atoms with E-state index in [0.29, 0.717) is 12.8 Å². The van der Waals surface area contributed by atoms with Crippen LogP contribution in [0.1, 0.15) is 72.9 Å². The lowest BCUT2D eigenvalue weighted by Gasteiger charge is -2.30. The minimum atomic E-state index is -1.04. The molecule has 18 heteroatoms. The van der Waals surface area contributed by atoms with E-state index in [2.05, 4.69) is 20.1 Å². The Morgan fingerprint density at radius 3 is 1.52 bits per heavy atom. The van der Waals surface area contributed by atoms with Crippen LogP contribution >= 0.6 is 0 Å². The summed E-state index contributed by atoms with van der Waals surface area (Å²) in [6.45, 7) is 14.3. The van der Waals surface area contributed by atoms with Crippen molar-refractivity contribution in [2.45, 2.75) is 122 Å². The molecule has 2 amide bonds. The van der Waals surface area contributed by atoms with Crippen LogP contribution in [-0.2, 0) is 79.4 Å². The normalized spacial score (nSPS) is 24.0. The standard InChI is InChI=1S/C24H35NO8.C24H33NO8/c2*1-16-21(31-12-11-20(26)29-5)18(13-17-9-7-6-8-10-17)14-30-15-19(22(27)32-16)25-23(28)33-24(2,3)4/h6-10,16,18-19,21H,11-15H2,1-5H3,(H,25,28);6-12,16,18-19,21H,13-15H2,1-5H3,(H,25,28)/b;12-11+/t2*16-,18-,19-,21-/m00/s1. The Balaban J connectivity index is 0.000000350. The van der Waals surface area contributed by atoms with Gasteiger partial charge < -0.3 is 58.0 Å². The monoisotopic (exact) mass is 928 g/mol. The van der Waals surface area contributed by atoms with Crippen LogP contribution in [0.4, 0.5) is 9.59 Å². The summed E-state index contributed by atoms with van der Waals surface area (Å²) in [7, 11) is 2.58. The van der Waals surface area contributed by atoms with E-state index in [1.54, 1.807) is 55.4 Å². The zero-order valence-electron chi connectivity index (χ0n) is 39.7. The lowest BCUT2D eigenvalue weighted by molar-refractivity contribution is -0.162. The maximum absolute atomic E-state index is 12.8. The first-order chi connectivity index (χ1) is 31.2. The van der Waals surface area contributed by atoms with Crippen molar-refractivity contribution < 1.29 is 76.1 Å². The van der Waals surface area contributed by atoms with Gasteiger partial charge in [-0.1, -0.05) is 60.7 Å². The van der Waals surface area contributed by atoms with E-state index in [4.69, 9.17) is 37.9 Å². The van der Waals surface area contributed by atoms with Gasteiger partial charge in [-0.05, 0) is 79.4 Å². The number of benzene rings is 2. The minimum Gasteiger partial charge on any atom is -0.494 e. The molecule has 2 saturated heterocycles. The van der Waals surface area contributed by atoms with Gasteiger partial charge in [-0.3, -0.25) is 4.79 Å². The van der Waals surface area contributed by atoms with Crippen LogP contribution < -0.4 is 10.6 Å². The molecule has 0 spiro atoms. The summed E-state index contributed by atoms with van der Waals surface area (Å²) in [5.41, 5.74) is 0.707. The third-order valence-corrected chi connectivity index (χ3v) is 9.81. The molecule has 0 aromatic heterocycles. The molecule has 0 bridgehead atoms. The number of hydrogen-bond acceptors (Lipinski definition) is 16. The van der Waals surface area contributed by atoms with Crippen LogP contribution in [0, 0.1) is 11.8 Å². The van der Waals surface area contributed by atoms with Gasteiger partial charge in [-0.15, -0.1) is 0 Å². The summed E-state index contributed by atoms with van der Waals surface area (Å²) >= 11 is 0. The number of ether oxygens (including phenoxy) is 10. The largest absolute Gasteiger partial charge is 0.494 e. The molecule has 0 unspecified atom stereocenters. The molecule has 2 aromatic rings. The molecule has 2 aliphatic rings. The summed E-state index contributed by atoms with van der Waals surface area (Å²) in [5, 5.41) is 5.03. The van der Waals surface area contributed by atoms with Crippen molar-refractivity contribution in [1.82, 2.24) is 10.6 Å². The smallest absolute Gasteiger partial charge is 0.408 e. The molecule has 0 saturated carbocycles. The zero-order chi connectivity index (χ0) is 48.9. The molecule has 2 N–H and O–H groups in total. The highest BCUT2D eigenvalue weighted by atomic mass is 16.6. The number of esters is 4. The summed E-state index contributed by atoms with van der Waals surface area (Å²) in [6.07, 6.45) is -0.293. The van der Waals surface area contributed by atoms with E-state index < -0.39 is 77.8 Å². The Morgan fingerprint density at radius 1 is 0.652 bits per heavy atom. The van der Waals surface area contributed by atoms with Crippen LogP contribution in [0.15, 0.2) is 73.0 Å². The minimum absolute atomic E-state index is 0.0645. The predicted molar refractivity (Wildman–Crippen MR) is 239 cm³/mol. The van der Waals surface area contributed by atoms with E-state index in [1.807, 2.05) is 60.7 Å². The number of alkyl carbamates (subject to hydrolysis) is 2. The molecule has 18 nitrogen and oxygen atoms in total. The SMILES string of the molecule is COC(=O)/C=C/O[C@@H]1[C@@H](Cc2ccccc2)COC[C@H](NC(=O)OC(C)(C)C)C(=O)O[C@H]1C.COC(=O)CCO[C@@H]1[C@@H](Cc2ccccc2)COC[C@H](NC(=O)OC(C)(C)C)C(=O)O[C@H]1C. The molecule has 0 aliphatic carbocycles. The molecule has 2 fully saturated rings. The summed E-state index contributed by atoms with van der Waals surface area (Å²) in [5.74, 6) is -2.64. The highest BCUT2D eigenvalue weighted by Gasteiger charge is 2.38. The van der Waals surface area contributed by atoms with Crippen molar-refractivity contribution in [1.29, 1.82) is 0 Å². The van der Waals surface area contributed by atoms with Crippen molar-refractivity contribution in [3.63, 3.8) is 0 Å². The van der Waals surface area contributed by atoms with Gasteiger partial charge in [-0.25, -0.2) is 24.0 Å². The summed E-state index contributed by atoms with van der Waals surface area (Å²) in [6, 6.07) is 17.5. The Bertz CT molecular complexity index is 1860. The first-order valence-corrected chi connectivity index (χ1v) is 21.9. The lowest BCUT2D eigenvalue weighted by Crippen LogP contribution is -2.47. The van der Waals surface area contributed by atoms with Crippen LogP contribution in [0.3, 0.4) is 0 Å². The van der Waals surface area contributed by atoms with E-state index in [0.717, 1.165) is 17.2 Å². The third kappa shape index (κ3) is 20.6. The molecule has 366 valence electrons.